The van der Waals surface area contributed by atoms with E-state index in [9.17, 15) is 14.9 Å². The minimum atomic E-state index is -0.424. The zero-order valence-corrected chi connectivity index (χ0v) is 11.4. The summed E-state index contributed by atoms with van der Waals surface area (Å²) < 4.78 is 0. The Labute approximate surface area is 121 Å². The molecule has 2 aromatic rings. The Morgan fingerprint density at radius 2 is 2.19 bits per heavy atom. The first-order valence-corrected chi connectivity index (χ1v) is 6.96. The number of hydrogen-bond acceptors (Lipinski definition) is 5. The van der Waals surface area contributed by atoms with Gasteiger partial charge >= 0.3 is 0 Å². The van der Waals surface area contributed by atoms with Crippen molar-refractivity contribution < 1.29 is 9.72 Å². The number of rotatable bonds is 3. The molecule has 3 rings (SSSR count). The van der Waals surface area contributed by atoms with Crippen LogP contribution in [0.4, 0.5) is 11.4 Å². The van der Waals surface area contributed by atoms with Crippen molar-refractivity contribution >= 4 is 28.6 Å². The van der Waals surface area contributed by atoms with Crippen LogP contribution in [-0.2, 0) is 4.79 Å². The minimum absolute atomic E-state index is 0.00554. The molecule has 1 atom stereocenters. The molecule has 2 heterocycles. The average molecular weight is 285 g/mol. The summed E-state index contributed by atoms with van der Waals surface area (Å²) in [6, 6.07) is 6.59. The number of nitro benzene ring substituents is 1. The van der Waals surface area contributed by atoms with Crippen LogP contribution in [0, 0.1) is 10.1 Å². The summed E-state index contributed by atoms with van der Waals surface area (Å²) in [5.41, 5.74) is 1.21. The fourth-order valence-corrected chi connectivity index (χ4v) is 2.94. The third kappa shape index (κ3) is 2.33. The summed E-state index contributed by atoms with van der Waals surface area (Å²) >= 11 is 0. The molecule has 1 fully saturated rings. The third-order valence-electron chi connectivity index (χ3n) is 3.94. The number of aldehydes is 1. The number of para-hydroxylation sites is 1. The molecule has 0 N–H and O–H groups in total. The standard InChI is InChI=1S/C15H15N3O3/c19-10-11-4-1-2-9-17(11)13-7-8-16-15-12(13)5-3-6-14(15)18(20)21/h3,5-8,10-11H,1-2,4,9H2. The van der Waals surface area contributed by atoms with E-state index in [1.54, 1.807) is 12.3 Å². The fraction of sp³-hybridized carbons (Fsp3) is 0.333. The van der Waals surface area contributed by atoms with Crippen LogP contribution in [0.3, 0.4) is 0 Å². The third-order valence-corrected chi connectivity index (χ3v) is 3.94. The van der Waals surface area contributed by atoms with Crippen LogP contribution in [0.2, 0.25) is 0 Å². The quantitative estimate of drug-likeness (QED) is 0.492. The first kappa shape index (κ1) is 13.5. The number of carbonyl (C=O) groups is 1. The number of anilines is 1. The van der Waals surface area contributed by atoms with Crippen LogP contribution < -0.4 is 4.90 Å². The van der Waals surface area contributed by atoms with Gasteiger partial charge in [-0.15, -0.1) is 0 Å². The van der Waals surface area contributed by atoms with Crippen molar-refractivity contribution in [3.8, 4) is 0 Å². The fourth-order valence-electron chi connectivity index (χ4n) is 2.94. The van der Waals surface area contributed by atoms with Gasteiger partial charge in [-0.25, -0.2) is 4.98 Å². The molecule has 1 aliphatic rings. The molecule has 1 aromatic carbocycles. The number of aromatic nitrogens is 1. The minimum Gasteiger partial charge on any atom is -0.361 e. The number of benzene rings is 1. The van der Waals surface area contributed by atoms with Crippen molar-refractivity contribution in [2.24, 2.45) is 0 Å². The Hall–Kier alpha value is -2.50. The first-order chi connectivity index (χ1) is 10.2. The van der Waals surface area contributed by atoms with Gasteiger partial charge in [0.05, 0.1) is 11.0 Å². The van der Waals surface area contributed by atoms with Gasteiger partial charge in [-0.3, -0.25) is 10.1 Å². The van der Waals surface area contributed by atoms with Gasteiger partial charge in [-0.05, 0) is 25.3 Å². The Morgan fingerprint density at radius 1 is 1.33 bits per heavy atom. The van der Waals surface area contributed by atoms with Crippen LogP contribution in [0.5, 0.6) is 0 Å². The molecule has 0 amide bonds. The monoisotopic (exact) mass is 285 g/mol. The lowest BCUT2D eigenvalue weighted by atomic mass is 10.0. The van der Waals surface area contributed by atoms with Crippen molar-refractivity contribution in [1.29, 1.82) is 0 Å². The second-order valence-electron chi connectivity index (χ2n) is 5.15. The molecule has 21 heavy (non-hydrogen) atoms. The highest BCUT2D eigenvalue weighted by molar-refractivity contribution is 5.97. The van der Waals surface area contributed by atoms with Gasteiger partial charge in [-0.2, -0.15) is 0 Å². The number of pyridine rings is 1. The Kier molecular flexibility index (Phi) is 3.51. The smallest absolute Gasteiger partial charge is 0.295 e. The summed E-state index contributed by atoms with van der Waals surface area (Å²) in [5, 5.41) is 11.8. The predicted octanol–water partition coefficient (Wildman–Crippen LogP) is 2.70. The van der Waals surface area contributed by atoms with Crippen LogP contribution in [0.15, 0.2) is 30.5 Å². The number of nitrogens with zero attached hydrogens (tertiary/aromatic N) is 3. The van der Waals surface area contributed by atoms with E-state index in [1.807, 2.05) is 17.0 Å². The summed E-state index contributed by atoms with van der Waals surface area (Å²) in [4.78, 5) is 28.2. The highest BCUT2D eigenvalue weighted by Gasteiger charge is 2.25. The van der Waals surface area contributed by atoms with Crippen molar-refractivity contribution in [2.45, 2.75) is 25.3 Å². The van der Waals surface area contributed by atoms with Crippen LogP contribution in [0.1, 0.15) is 19.3 Å². The zero-order chi connectivity index (χ0) is 14.8. The molecule has 0 radical (unpaired) electrons. The molecule has 1 unspecified atom stereocenters. The van der Waals surface area contributed by atoms with Gasteiger partial charge in [0, 0.05) is 29.9 Å². The van der Waals surface area contributed by atoms with E-state index in [1.165, 1.54) is 6.07 Å². The van der Waals surface area contributed by atoms with Crippen molar-refractivity contribution in [3.05, 3.63) is 40.6 Å². The summed E-state index contributed by atoms with van der Waals surface area (Å²) in [7, 11) is 0. The Morgan fingerprint density at radius 3 is 2.95 bits per heavy atom. The molecule has 0 aliphatic carbocycles. The van der Waals surface area contributed by atoms with Crippen LogP contribution in [-0.4, -0.2) is 28.8 Å². The van der Waals surface area contributed by atoms with Gasteiger partial charge in [0.1, 0.15) is 11.8 Å². The number of nitro groups is 1. The van der Waals surface area contributed by atoms with E-state index in [2.05, 4.69) is 4.98 Å². The highest BCUT2D eigenvalue weighted by Crippen LogP contribution is 2.33. The summed E-state index contributed by atoms with van der Waals surface area (Å²) in [6.45, 7) is 0.783. The molecular formula is C15H15N3O3. The molecule has 6 nitrogen and oxygen atoms in total. The first-order valence-electron chi connectivity index (χ1n) is 6.96. The van der Waals surface area contributed by atoms with Gasteiger partial charge in [-0.1, -0.05) is 12.1 Å². The van der Waals surface area contributed by atoms with Crippen LogP contribution >= 0.6 is 0 Å². The van der Waals surface area contributed by atoms with Crippen molar-refractivity contribution in [2.75, 3.05) is 11.4 Å². The maximum atomic E-state index is 11.3. The maximum Gasteiger partial charge on any atom is 0.295 e. The number of carbonyl (C=O) groups excluding carboxylic acids is 1. The second-order valence-corrected chi connectivity index (χ2v) is 5.15. The van der Waals surface area contributed by atoms with E-state index in [4.69, 9.17) is 0 Å². The van der Waals surface area contributed by atoms with E-state index in [0.29, 0.717) is 5.52 Å². The SMILES string of the molecule is O=CC1CCCCN1c1ccnc2c([N+](=O)[O-])cccc12. The normalized spacial score (nSPS) is 18.7. The Balaban J connectivity index is 2.17. The molecule has 0 spiro atoms. The van der Waals surface area contributed by atoms with Gasteiger partial charge < -0.3 is 9.69 Å². The lowest BCUT2D eigenvalue weighted by Gasteiger charge is -2.34. The molecular weight excluding hydrogens is 270 g/mol. The molecule has 0 bridgehead atoms. The molecule has 1 aromatic heterocycles. The summed E-state index contributed by atoms with van der Waals surface area (Å²) in [6.07, 6.45) is 5.40. The highest BCUT2D eigenvalue weighted by atomic mass is 16.6. The molecule has 0 saturated carbocycles. The number of fused-ring (bicyclic) bond motifs is 1. The lowest BCUT2D eigenvalue weighted by Crippen LogP contribution is -2.40. The van der Waals surface area contributed by atoms with E-state index in [-0.39, 0.29) is 11.7 Å². The van der Waals surface area contributed by atoms with Gasteiger partial charge in [0.15, 0.2) is 0 Å². The maximum absolute atomic E-state index is 11.3. The lowest BCUT2D eigenvalue weighted by molar-refractivity contribution is -0.383. The second kappa shape index (κ2) is 5.47. The molecule has 1 aliphatic heterocycles. The molecule has 1 saturated heterocycles. The zero-order valence-electron chi connectivity index (χ0n) is 11.4. The van der Waals surface area contributed by atoms with E-state index < -0.39 is 4.92 Å². The topological polar surface area (TPSA) is 76.3 Å². The van der Waals surface area contributed by atoms with Crippen molar-refractivity contribution in [1.82, 2.24) is 4.98 Å². The molecule has 6 heteroatoms. The summed E-state index contributed by atoms with van der Waals surface area (Å²) in [5.74, 6) is 0. The van der Waals surface area contributed by atoms with E-state index >= 15 is 0 Å². The van der Waals surface area contributed by atoms with Crippen LogP contribution in [0.25, 0.3) is 10.9 Å². The predicted molar refractivity (Wildman–Crippen MR) is 79.4 cm³/mol. The average Bonchev–Trinajstić information content (AvgIpc) is 2.53. The van der Waals surface area contributed by atoms with Crippen molar-refractivity contribution in [3.63, 3.8) is 0 Å². The van der Waals surface area contributed by atoms with Gasteiger partial charge in [0.2, 0.25) is 0 Å². The van der Waals surface area contributed by atoms with E-state index in [0.717, 1.165) is 43.2 Å². The number of piperidine rings is 1. The molecule has 108 valence electrons. The number of hydrogen-bond donors (Lipinski definition) is 0. The van der Waals surface area contributed by atoms with Gasteiger partial charge in [0.25, 0.3) is 5.69 Å². The Bertz CT molecular complexity index is 702. The number of non-ortho nitro benzene ring substituents is 1. The largest absolute Gasteiger partial charge is 0.361 e.